The lowest BCUT2D eigenvalue weighted by molar-refractivity contribution is 0.581. The van der Waals surface area contributed by atoms with E-state index in [1.54, 1.807) is 0 Å². The van der Waals surface area contributed by atoms with Crippen LogP contribution in [0.4, 0.5) is 11.8 Å². The first-order valence-electron chi connectivity index (χ1n) is 8.59. The predicted molar refractivity (Wildman–Crippen MR) is 92.0 cm³/mol. The monoisotopic (exact) mass is 292 g/mol. The predicted octanol–water partition coefficient (Wildman–Crippen LogP) is 4.77. The molecule has 0 amide bonds. The molecule has 0 fully saturated rings. The van der Waals surface area contributed by atoms with Gasteiger partial charge in [-0.05, 0) is 20.3 Å². The Morgan fingerprint density at radius 2 is 1.57 bits per heavy atom. The van der Waals surface area contributed by atoms with Gasteiger partial charge in [-0.25, -0.2) is 4.98 Å². The lowest BCUT2D eigenvalue weighted by Gasteiger charge is -2.10. The lowest BCUT2D eigenvalue weighted by atomic mass is 10.1. The van der Waals surface area contributed by atoms with Crippen molar-refractivity contribution in [2.75, 3.05) is 23.7 Å². The van der Waals surface area contributed by atoms with Gasteiger partial charge in [0.15, 0.2) is 0 Å². The van der Waals surface area contributed by atoms with Crippen molar-refractivity contribution in [3.8, 4) is 0 Å². The molecular weight excluding hydrogens is 260 g/mol. The van der Waals surface area contributed by atoms with Crippen LogP contribution in [0, 0.1) is 6.92 Å². The lowest BCUT2D eigenvalue weighted by Crippen LogP contribution is -2.09. The standard InChI is InChI=1S/C17H32N4/c1-4-6-7-8-9-10-11-12-13-19-16-15(3)14-20-17(21-16)18-5-2/h14H,4-13H2,1-3H3,(H2,18,19,20,21). The third kappa shape index (κ3) is 7.88. The van der Waals surface area contributed by atoms with E-state index in [2.05, 4.69) is 34.4 Å². The fraction of sp³-hybridized carbons (Fsp3) is 0.765. The van der Waals surface area contributed by atoms with E-state index in [0.29, 0.717) is 5.95 Å². The minimum Gasteiger partial charge on any atom is -0.370 e. The maximum Gasteiger partial charge on any atom is 0.224 e. The van der Waals surface area contributed by atoms with Crippen molar-refractivity contribution in [3.63, 3.8) is 0 Å². The van der Waals surface area contributed by atoms with Gasteiger partial charge in [0.25, 0.3) is 0 Å². The first-order valence-corrected chi connectivity index (χ1v) is 8.59. The zero-order valence-electron chi connectivity index (χ0n) is 14.0. The molecular formula is C17H32N4. The number of hydrogen-bond donors (Lipinski definition) is 2. The summed E-state index contributed by atoms with van der Waals surface area (Å²) in [4.78, 5) is 8.76. The summed E-state index contributed by atoms with van der Waals surface area (Å²) >= 11 is 0. The SMILES string of the molecule is CCCCCCCCCCNc1nc(NCC)ncc1C. The summed E-state index contributed by atoms with van der Waals surface area (Å²) in [6.07, 6.45) is 12.7. The summed E-state index contributed by atoms with van der Waals surface area (Å²) in [6, 6.07) is 0. The van der Waals surface area contributed by atoms with Gasteiger partial charge in [-0.2, -0.15) is 4.98 Å². The Hall–Kier alpha value is -1.32. The molecule has 0 aliphatic carbocycles. The van der Waals surface area contributed by atoms with Crippen molar-refractivity contribution < 1.29 is 0 Å². The summed E-state index contributed by atoms with van der Waals surface area (Å²) in [5.74, 6) is 1.67. The van der Waals surface area contributed by atoms with E-state index in [1.165, 1.54) is 51.4 Å². The fourth-order valence-corrected chi connectivity index (χ4v) is 2.33. The smallest absolute Gasteiger partial charge is 0.224 e. The minimum atomic E-state index is 0.710. The van der Waals surface area contributed by atoms with E-state index in [-0.39, 0.29) is 0 Å². The molecule has 1 aromatic rings. The average Bonchev–Trinajstić information content (AvgIpc) is 2.49. The van der Waals surface area contributed by atoms with E-state index in [4.69, 9.17) is 0 Å². The molecule has 1 heterocycles. The molecule has 120 valence electrons. The van der Waals surface area contributed by atoms with Gasteiger partial charge >= 0.3 is 0 Å². The normalized spacial score (nSPS) is 10.6. The van der Waals surface area contributed by atoms with Crippen LogP contribution in [-0.4, -0.2) is 23.1 Å². The summed E-state index contributed by atoms with van der Waals surface area (Å²) < 4.78 is 0. The number of unbranched alkanes of at least 4 members (excludes halogenated alkanes) is 7. The number of hydrogen-bond acceptors (Lipinski definition) is 4. The van der Waals surface area contributed by atoms with Crippen molar-refractivity contribution in [1.29, 1.82) is 0 Å². The van der Waals surface area contributed by atoms with Gasteiger partial charge in [-0.15, -0.1) is 0 Å². The van der Waals surface area contributed by atoms with Gasteiger partial charge in [-0.1, -0.05) is 51.9 Å². The van der Waals surface area contributed by atoms with E-state index in [1.807, 2.05) is 13.1 Å². The average molecular weight is 292 g/mol. The third-order valence-electron chi connectivity index (χ3n) is 3.63. The molecule has 0 radical (unpaired) electrons. The molecule has 1 aromatic heterocycles. The molecule has 4 heteroatoms. The molecule has 0 saturated carbocycles. The fourth-order valence-electron chi connectivity index (χ4n) is 2.33. The van der Waals surface area contributed by atoms with Gasteiger partial charge in [0, 0.05) is 24.8 Å². The van der Waals surface area contributed by atoms with Crippen LogP contribution in [0.15, 0.2) is 6.20 Å². The van der Waals surface area contributed by atoms with Crippen LogP contribution in [0.25, 0.3) is 0 Å². The number of aromatic nitrogens is 2. The second kappa shape index (κ2) is 11.4. The summed E-state index contributed by atoms with van der Waals surface area (Å²) in [5.41, 5.74) is 1.11. The van der Waals surface area contributed by atoms with Crippen LogP contribution in [0.3, 0.4) is 0 Å². The molecule has 1 rings (SSSR count). The summed E-state index contributed by atoms with van der Waals surface area (Å²) in [5, 5.41) is 6.58. The van der Waals surface area contributed by atoms with E-state index < -0.39 is 0 Å². The maximum absolute atomic E-state index is 4.50. The highest BCUT2D eigenvalue weighted by molar-refractivity contribution is 5.46. The highest BCUT2D eigenvalue weighted by Crippen LogP contribution is 2.13. The number of anilines is 2. The van der Waals surface area contributed by atoms with E-state index in [0.717, 1.165) is 24.5 Å². The van der Waals surface area contributed by atoms with Crippen LogP contribution in [-0.2, 0) is 0 Å². The summed E-state index contributed by atoms with van der Waals surface area (Å²) in [6.45, 7) is 8.21. The van der Waals surface area contributed by atoms with Crippen molar-refractivity contribution in [2.45, 2.75) is 72.1 Å². The number of aryl methyl sites for hydroxylation is 1. The van der Waals surface area contributed by atoms with E-state index in [9.17, 15) is 0 Å². The Labute approximate surface area is 130 Å². The topological polar surface area (TPSA) is 49.8 Å². The van der Waals surface area contributed by atoms with E-state index >= 15 is 0 Å². The molecule has 0 spiro atoms. The van der Waals surface area contributed by atoms with Crippen molar-refractivity contribution in [1.82, 2.24) is 9.97 Å². The largest absolute Gasteiger partial charge is 0.370 e. The molecule has 0 atom stereocenters. The maximum atomic E-state index is 4.50. The Bertz CT molecular complexity index is 379. The second-order valence-corrected chi connectivity index (χ2v) is 5.66. The molecule has 4 nitrogen and oxygen atoms in total. The van der Waals surface area contributed by atoms with Crippen LogP contribution < -0.4 is 10.6 Å². The van der Waals surface area contributed by atoms with Crippen LogP contribution in [0.5, 0.6) is 0 Å². The van der Waals surface area contributed by atoms with Crippen molar-refractivity contribution >= 4 is 11.8 Å². The van der Waals surface area contributed by atoms with Crippen LogP contribution >= 0.6 is 0 Å². The minimum absolute atomic E-state index is 0.710. The molecule has 0 aliphatic rings. The molecule has 0 bridgehead atoms. The van der Waals surface area contributed by atoms with Gasteiger partial charge in [0.1, 0.15) is 5.82 Å². The first kappa shape index (κ1) is 17.7. The molecule has 0 unspecified atom stereocenters. The van der Waals surface area contributed by atoms with Gasteiger partial charge in [-0.3, -0.25) is 0 Å². The van der Waals surface area contributed by atoms with Gasteiger partial charge in [0.2, 0.25) is 5.95 Å². The zero-order chi connectivity index (χ0) is 15.3. The zero-order valence-corrected chi connectivity index (χ0v) is 14.0. The second-order valence-electron chi connectivity index (χ2n) is 5.66. The van der Waals surface area contributed by atoms with Crippen LogP contribution in [0.2, 0.25) is 0 Å². The van der Waals surface area contributed by atoms with Gasteiger partial charge in [0.05, 0.1) is 0 Å². The number of rotatable bonds is 12. The quantitative estimate of drug-likeness (QED) is 0.545. The molecule has 0 saturated heterocycles. The first-order chi connectivity index (χ1) is 10.3. The Morgan fingerprint density at radius 1 is 0.905 bits per heavy atom. The van der Waals surface area contributed by atoms with Crippen LogP contribution in [0.1, 0.15) is 70.8 Å². The summed E-state index contributed by atoms with van der Waals surface area (Å²) in [7, 11) is 0. The van der Waals surface area contributed by atoms with Crippen molar-refractivity contribution in [3.05, 3.63) is 11.8 Å². The number of nitrogens with zero attached hydrogens (tertiary/aromatic N) is 2. The number of nitrogens with one attached hydrogen (secondary N) is 2. The van der Waals surface area contributed by atoms with Gasteiger partial charge < -0.3 is 10.6 Å². The Morgan fingerprint density at radius 3 is 2.24 bits per heavy atom. The molecule has 21 heavy (non-hydrogen) atoms. The molecule has 0 aromatic carbocycles. The highest BCUT2D eigenvalue weighted by atomic mass is 15.1. The Kier molecular flexibility index (Phi) is 9.58. The third-order valence-corrected chi connectivity index (χ3v) is 3.63. The molecule has 2 N–H and O–H groups in total. The van der Waals surface area contributed by atoms with Crippen molar-refractivity contribution in [2.24, 2.45) is 0 Å². The molecule has 0 aliphatic heterocycles. The highest BCUT2D eigenvalue weighted by Gasteiger charge is 2.02. The Balaban J connectivity index is 2.13.